The fraction of sp³-hybridized carbons (Fsp3) is 0.0625. The summed E-state index contributed by atoms with van der Waals surface area (Å²) in [5, 5.41) is 7.31. The van der Waals surface area contributed by atoms with Gasteiger partial charge in [-0.15, -0.1) is 0 Å². The summed E-state index contributed by atoms with van der Waals surface area (Å²) in [6.45, 7) is 3.22. The minimum atomic E-state index is -0.698. The Labute approximate surface area is 159 Å². The quantitative estimate of drug-likeness (QED) is 0.311. The number of anilines is 3. The van der Waals surface area contributed by atoms with E-state index in [0.29, 0.717) is 11.4 Å². The van der Waals surface area contributed by atoms with Gasteiger partial charge in [-0.3, -0.25) is 9.59 Å². The van der Waals surface area contributed by atoms with Crippen molar-refractivity contribution in [2.75, 3.05) is 17.2 Å². The maximum atomic E-state index is 11.6. The van der Waals surface area contributed by atoms with Crippen LogP contribution in [-0.4, -0.2) is 35.0 Å². The molecular formula is C16H18N8O2S. The lowest BCUT2D eigenvalue weighted by molar-refractivity contribution is -0.116. The normalized spacial score (nSPS) is 10.9. The molecule has 0 saturated heterocycles. The predicted molar refractivity (Wildman–Crippen MR) is 107 cm³/mol. The van der Waals surface area contributed by atoms with Crippen LogP contribution in [0.1, 0.15) is 15.9 Å². The van der Waals surface area contributed by atoms with E-state index in [1.807, 2.05) is 0 Å². The van der Waals surface area contributed by atoms with Crippen LogP contribution in [0, 0.1) is 0 Å². The van der Waals surface area contributed by atoms with E-state index in [4.69, 9.17) is 17.2 Å². The van der Waals surface area contributed by atoms with Crippen molar-refractivity contribution in [1.29, 1.82) is 0 Å². The number of carbonyl (C=O) groups excluding carboxylic acids is 2. The fourth-order valence-corrected chi connectivity index (χ4v) is 2.28. The molecule has 0 bridgehead atoms. The molecule has 10 nitrogen and oxygen atoms in total. The average molecular weight is 386 g/mol. The zero-order valence-corrected chi connectivity index (χ0v) is 15.0. The van der Waals surface area contributed by atoms with E-state index < -0.39 is 11.8 Å². The van der Waals surface area contributed by atoms with E-state index in [0.717, 1.165) is 17.5 Å². The van der Waals surface area contributed by atoms with Crippen molar-refractivity contribution in [2.24, 2.45) is 21.6 Å². The second kappa shape index (κ2) is 9.20. The summed E-state index contributed by atoms with van der Waals surface area (Å²) < 4.78 is 3.64. The summed E-state index contributed by atoms with van der Waals surface area (Å²) in [4.78, 5) is 30.6. The molecule has 2 amide bonds. The van der Waals surface area contributed by atoms with E-state index in [1.165, 1.54) is 6.20 Å². The smallest absolute Gasteiger partial charge is 0.254 e. The van der Waals surface area contributed by atoms with Crippen LogP contribution in [0.2, 0.25) is 0 Å². The highest BCUT2D eigenvalue weighted by Gasteiger charge is 2.13. The summed E-state index contributed by atoms with van der Waals surface area (Å²) in [5.41, 5.74) is 18.4. The molecular weight excluding hydrogens is 368 g/mol. The highest BCUT2D eigenvalue weighted by Crippen LogP contribution is 2.22. The number of aromatic nitrogens is 2. The minimum absolute atomic E-state index is 0.0940. The van der Waals surface area contributed by atoms with Crippen molar-refractivity contribution in [2.45, 2.75) is 0 Å². The maximum Gasteiger partial charge on any atom is 0.254 e. The van der Waals surface area contributed by atoms with Gasteiger partial charge in [0, 0.05) is 34.9 Å². The second-order valence-corrected chi connectivity index (χ2v) is 5.85. The second-order valence-electron chi connectivity index (χ2n) is 5.15. The number of nitrogens with one attached hydrogen (secondary N) is 2. The third-order valence-electron chi connectivity index (χ3n) is 3.21. The van der Waals surface area contributed by atoms with Gasteiger partial charge in [0.05, 0.1) is 6.54 Å². The van der Waals surface area contributed by atoms with Gasteiger partial charge in [0.25, 0.3) is 5.91 Å². The standard InChI is InChI=1S/C16H18N8O2S/c1-20-27-8-12(17)9-2-4-10(5-3-9)23-15-11(14(19)26)6-21-16(24-15)22-7-13(18)25/h2-6,8H,1,7,17H2,(H2,18,25)(H2,19,26)(H2,21,22,23,24)/b12-8-. The van der Waals surface area contributed by atoms with Gasteiger partial charge >= 0.3 is 0 Å². The number of hydrogen-bond acceptors (Lipinski definition) is 9. The zero-order valence-electron chi connectivity index (χ0n) is 14.2. The van der Waals surface area contributed by atoms with Crippen LogP contribution in [0.4, 0.5) is 17.5 Å². The van der Waals surface area contributed by atoms with Gasteiger partial charge < -0.3 is 27.8 Å². The van der Waals surface area contributed by atoms with Crippen LogP contribution in [0.3, 0.4) is 0 Å². The Hall–Kier alpha value is -3.60. The Bertz CT molecular complexity index is 882. The molecule has 8 N–H and O–H groups in total. The topological polar surface area (TPSA) is 174 Å². The predicted octanol–water partition coefficient (Wildman–Crippen LogP) is 0.822. The highest BCUT2D eigenvalue weighted by molar-refractivity contribution is 8.01. The lowest BCUT2D eigenvalue weighted by atomic mass is 10.1. The van der Waals surface area contributed by atoms with Gasteiger partial charge in [0.1, 0.15) is 11.4 Å². The average Bonchev–Trinajstić information content (AvgIpc) is 2.65. The zero-order chi connectivity index (χ0) is 19.8. The van der Waals surface area contributed by atoms with Crippen LogP contribution in [0.15, 0.2) is 40.3 Å². The number of benzene rings is 1. The summed E-state index contributed by atoms with van der Waals surface area (Å²) in [6, 6.07) is 7.08. The number of carbonyl (C=O) groups is 2. The number of primary amides is 2. The molecule has 0 atom stereocenters. The van der Waals surface area contributed by atoms with Gasteiger partial charge in [0.2, 0.25) is 11.9 Å². The van der Waals surface area contributed by atoms with Crippen LogP contribution >= 0.6 is 11.9 Å². The monoisotopic (exact) mass is 386 g/mol. The van der Waals surface area contributed by atoms with Crippen molar-refractivity contribution < 1.29 is 9.59 Å². The van der Waals surface area contributed by atoms with Crippen LogP contribution in [-0.2, 0) is 4.79 Å². The minimum Gasteiger partial charge on any atom is -0.398 e. The number of rotatable bonds is 9. The van der Waals surface area contributed by atoms with Crippen LogP contribution in [0.25, 0.3) is 5.70 Å². The SMILES string of the molecule is C=NS/C=C(\N)c1ccc(Nc2nc(NCC(N)=O)ncc2C(N)=O)cc1. The molecule has 0 aliphatic carbocycles. The van der Waals surface area contributed by atoms with E-state index in [1.54, 1.807) is 29.7 Å². The molecule has 2 aromatic rings. The van der Waals surface area contributed by atoms with Gasteiger partial charge in [-0.05, 0) is 24.4 Å². The summed E-state index contributed by atoms with van der Waals surface area (Å²) in [7, 11) is 0. The Morgan fingerprint density at radius 1 is 1.22 bits per heavy atom. The first-order chi connectivity index (χ1) is 12.9. The lowest BCUT2D eigenvalue weighted by Gasteiger charge is -2.11. The van der Waals surface area contributed by atoms with E-state index >= 15 is 0 Å². The molecule has 0 saturated carbocycles. The molecule has 0 spiro atoms. The molecule has 11 heteroatoms. The molecule has 0 fully saturated rings. The van der Waals surface area contributed by atoms with Gasteiger partial charge in [-0.1, -0.05) is 12.1 Å². The van der Waals surface area contributed by atoms with Crippen molar-refractivity contribution in [3.63, 3.8) is 0 Å². The first kappa shape index (κ1) is 19.7. The largest absolute Gasteiger partial charge is 0.398 e. The number of nitrogens with zero attached hydrogens (tertiary/aromatic N) is 3. The number of nitrogens with two attached hydrogens (primary N) is 3. The fourth-order valence-electron chi connectivity index (χ4n) is 1.95. The highest BCUT2D eigenvalue weighted by atomic mass is 32.2. The van der Waals surface area contributed by atoms with Crippen molar-refractivity contribution in [3.8, 4) is 0 Å². The Balaban J connectivity index is 2.24. The molecule has 1 aromatic heterocycles. The molecule has 0 radical (unpaired) electrons. The van der Waals surface area contributed by atoms with Gasteiger partial charge in [0.15, 0.2) is 0 Å². The molecule has 0 aliphatic rings. The van der Waals surface area contributed by atoms with E-state index in [2.05, 4.69) is 31.7 Å². The summed E-state index contributed by atoms with van der Waals surface area (Å²) >= 11 is 1.13. The Morgan fingerprint density at radius 3 is 2.52 bits per heavy atom. The number of amides is 2. The molecule has 0 aliphatic heterocycles. The van der Waals surface area contributed by atoms with Crippen molar-refractivity contribution in [1.82, 2.24) is 9.97 Å². The Kier molecular flexibility index (Phi) is 6.72. The molecule has 0 unspecified atom stereocenters. The van der Waals surface area contributed by atoms with Gasteiger partial charge in [-0.25, -0.2) is 9.38 Å². The molecule has 1 heterocycles. The van der Waals surface area contributed by atoms with E-state index in [-0.39, 0.29) is 23.9 Å². The molecule has 140 valence electrons. The summed E-state index contributed by atoms with van der Waals surface area (Å²) in [6.07, 6.45) is 1.26. The molecule has 27 heavy (non-hydrogen) atoms. The third-order valence-corrected chi connectivity index (χ3v) is 3.72. The number of hydrogen-bond donors (Lipinski definition) is 5. The van der Waals surface area contributed by atoms with E-state index in [9.17, 15) is 9.59 Å². The van der Waals surface area contributed by atoms with Crippen molar-refractivity contribution in [3.05, 3.63) is 47.0 Å². The van der Waals surface area contributed by atoms with Crippen molar-refractivity contribution >= 4 is 53.6 Å². The summed E-state index contributed by atoms with van der Waals surface area (Å²) in [5.74, 6) is -0.957. The van der Waals surface area contributed by atoms with Gasteiger partial charge in [-0.2, -0.15) is 4.98 Å². The van der Waals surface area contributed by atoms with Crippen LogP contribution < -0.4 is 27.8 Å². The maximum absolute atomic E-state index is 11.6. The molecule has 2 rings (SSSR count). The lowest BCUT2D eigenvalue weighted by Crippen LogP contribution is -2.23. The third kappa shape index (κ3) is 5.71. The van der Waals surface area contributed by atoms with Crippen LogP contribution in [0.5, 0.6) is 0 Å². The Morgan fingerprint density at radius 2 is 1.93 bits per heavy atom. The first-order valence-electron chi connectivity index (χ1n) is 7.54. The first-order valence-corrected chi connectivity index (χ1v) is 8.38. The molecule has 1 aromatic carbocycles.